The van der Waals surface area contributed by atoms with Crippen molar-refractivity contribution in [2.75, 3.05) is 19.6 Å². The first-order valence-electron chi connectivity index (χ1n) is 7.57. The van der Waals surface area contributed by atoms with Crippen LogP contribution in [0.4, 0.5) is 0 Å². The zero-order valence-corrected chi connectivity index (χ0v) is 14.3. The predicted octanol–water partition coefficient (Wildman–Crippen LogP) is 2.54. The smallest absolute Gasteiger partial charge is 0.220 e. The van der Waals surface area contributed by atoms with Crippen molar-refractivity contribution in [3.8, 4) is 0 Å². The van der Waals surface area contributed by atoms with Crippen molar-refractivity contribution in [3.05, 3.63) is 27.2 Å². The van der Waals surface area contributed by atoms with Gasteiger partial charge in [-0.25, -0.2) is 4.98 Å². The largest absolute Gasteiger partial charge is 0.356 e. The lowest BCUT2D eigenvalue weighted by molar-refractivity contribution is -0.121. The van der Waals surface area contributed by atoms with Crippen molar-refractivity contribution in [1.82, 2.24) is 15.2 Å². The van der Waals surface area contributed by atoms with Crippen molar-refractivity contribution in [3.63, 3.8) is 0 Å². The minimum atomic E-state index is 0.117. The quantitative estimate of drug-likeness (QED) is 0.867. The van der Waals surface area contributed by atoms with Gasteiger partial charge in [0.15, 0.2) is 5.17 Å². The van der Waals surface area contributed by atoms with Crippen molar-refractivity contribution in [2.24, 2.45) is 4.99 Å². The number of carbonyl (C=O) groups excluding carboxylic acids is 1. The number of hydrogen-bond donors (Lipinski definition) is 1. The lowest BCUT2D eigenvalue weighted by atomic mass is 10.2. The molecule has 0 atom stereocenters. The van der Waals surface area contributed by atoms with E-state index in [4.69, 9.17) is 0 Å². The van der Waals surface area contributed by atoms with Gasteiger partial charge in [-0.2, -0.15) is 0 Å². The van der Waals surface area contributed by atoms with Gasteiger partial charge >= 0.3 is 0 Å². The van der Waals surface area contributed by atoms with Gasteiger partial charge < -0.3 is 10.2 Å². The first-order chi connectivity index (χ1) is 10.7. The fourth-order valence-corrected chi connectivity index (χ4v) is 4.31. The van der Waals surface area contributed by atoms with Crippen molar-refractivity contribution >= 4 is 34.2 Å². The normalized spacial score (nSPS) is 17.0. The molecule has 7 heteroatoms. The number of aliphatic imine (C=N–C) groups is 1. The number of aromatic nitrogens is 1. The fraction of sp³-hybridized carbons (Fsp3) is 0.533. The molecule has 1 aromatic rings. The number of fused-ring (bicyclic) bond motifs is 1. The van der Waals surface area contributed by atoms with Gasteiger partial charge in [0.05, 0.1) is 11.2 Å². The Morgan fingerprint density at radius 3 is 3.18 bits per heavy atom. The minimum Gasteiger partial charge on any atom is -0.356 e. The molecule has 0 bridgehead atoms. The minimum absolute atomic E-state index is 0.117. The van der Waals surface area contributed by atoms with Crippen LogP contribution in [0, 0.1) is 6.92 Å². The molecule has 1 amide bonds. The molecular formula is C15H20N4OS2. The highest BCUT2D eigenvalue weighted by atomic mass is 32.2. The third-order valence-corrected chi connectivity index (χ3v) is 5.74. The third kappa shape index (κ3) is 3.70. The molecule has 5 nitrogen and oxygen atoms in total. The van der Waals surface area contributed by atoms with Crippen molar-refractivity contribution < 1.29 is 4.79 Å². The van der Waals surface area contributed by atoms with Crippen LogP contribution in [-0.4, -0.2) is 40.6 Å². The summed E-state index contributed by atoms with van der Waals surface area (Å²) in [6, 6.07) is 0. The van der Waals surface area contributed by atoms with Gasteiger partial charge in [0.2, 0.25) is 5.91 Å². The number of carbonyl (C=O) groups is 1. The van der Waals surface area contributed by atoms with E-state index in [1.165, 1.54) is 10.6 Å². The number of nitrogens with zero attached hydrogens (tertiary/aromatic N) is 3. The average molecular weight is 336 g/mol. The molecule has 118 valence electrons. The summed E-state index contributed by atoms with van der Waals surface area (Å²) in [5.41, 5.74) is 4.16. The van der Waals surface area contributed by atoms with Crippen LogP contribution < -0.4 is 5.32 Å². The Labute approximate surface area is 138 Å². The highest BCUT2D eigenvalue weighted by Gasteiger charge is 2.24. The highest BCUT2D eigenvalue weighted by Crippen LogP contribution is 2.30. The van der Waals surface area contributed by atoms with Crippen LogP contribution >= 0.6 is 23.1 Å². The number of rotatable bonds is 6. The maximum atomic E-state index is 11.9. The number of hydrogen-bond acceptors (Lipinski definition) is 6. The number of nitrogens with one attached hydrogen (secondary N) is 1. The van der Waals surface area contributed by atoms with Gasteiger partial charge in [-0.3, -0.25) is 9.79 Å². The Morgan fingerprint density at radius 1 is 1.45 bits per heavy atom. The molecule has 1 N–H and O–H groups in total. The van der Waals surface area contributed by atoms with Crippen molar-refractivity contribution in [1.29, 1.82) is 0 Å². The number of thioether (sulfide) groups is 1. The van der Waals surface area contributed by atoms with E-state index in [0.717, 1.165) is 43.2 Å². The molecule has 2 aliphatic rings. The van der Waals surface area contributed by atoms with Gasteiger partial charge in [-0.05, 0) is 25.2 Å². The Bertz CT molecular complexity index is 608. The molecule has 0 unspecified atom stereocenters. The molecular weight excluding hydrogens is 316 g/mol. The zero-order valence-electron chi connectivity index (χ0n) is 12.7. The summed E-state index contributed by atoms with van der Waals surface area (Å²) in [6.07, 6.45) is 3.30. The topological polar surface area (TPSA) is 57.6 Å². The van der Waals surface area contributed by atoms with E-state index >= 15 is 0 Å². The monoisotopic (exact) mass is 336 g/mol. The lowest BCUT2D eigenvalue weighted by Crippen LogP contribution is -2.32. The molecule has 0 radical (unpaired) electrons. The number of aryl methyl sites for hydroxylation is 2. The first-order valence-corrected chi connectivity index (χ1v) is 9.33. The average Bonchev–Trinajstić information content (AvgIpc) is 3.12. The number of amides is 1. The van der Waals surface area contributed by atoms with E-state index in [9.17, 15) is 4.79 Å². The molecule has 3 rings (SSSR count). The second-order valence-electron chi connectivity index (χ2n) is 5.36. The number of thiazole rings is 1. The van der Waals surface area contributed by atoms with Crippen LogP contribution in [0.3, 0.4) is 0 Å². The summed E-state index contributed by atoms with van der Waals surface area (Å²) in [6.45, 7) is 4.67. The van der Waals surface area contributed by atoms with Crippen LogP contribution in [0.25, 0.3) is 0 Å². The van der Waals surface area contributed by atoms with E-state index < -0.39 is 0 Å². The van der Waals surface area contributed by atoms with Gasteiger partial charge in [0, 0.05) is 43.1 Å². The Kier molecular flexibility index (Phi) is 5.15. The van der Waals surface area contributed by atoms with Crippen LogP contribution in [0.2, 0.25) is 0 Å². The number of amidine groups is 1. The van der Waals surface area contributed by atoms with E-state index in [1.807, 2.05) is 12.4 Å². The molecule has 22 heavy (non-hydrogen) atoms. The van der Waals surface area contributed by atoms with Gasteiger partial charge in [0.25, 0.3) is 0 Å². The molecule has 1 aromatic heterocycles. The third-order valence-electron chi connectivity index (χ3n) is 3.79. The van der Waals surface area contributed by atoms with E-state index in [0.29, 0.717) is 13.0 Å². The molecule has 0 saturated carbocycles. The summed E-state index contributed by atoms with van der Waals surface area (Å²) >= 11 is 3.32. The maximum Gasteiger partial charge on any atom is 0.220 e. The summed E-state index contributed by atoms with van der Waals surface area (Å²) in [5.74, 6) is 0.117. The summed E-state index contributed by atoms with van der Waals surface area (Å²) in [5, 5.41) is 6.30. The second kappa shape index (κ2) is 7.28. The summed E-state index contributed by atoms with van der Waals surface area (Å²) in [4.78, 5) is 24.1. The van der Waals surface area contributed by atoms with Crippen LogP contribution in [0.1, 0.15) is 29.8 Å². The van der Waals surface area contributed by atoms with Crippen LogP contribution in [0.5, 0.6) is 0 Å². The van der Waals surface area contributed by atoms with Crippen molar-refractivity contribution in [2.45, 2.75) is 32.6 Å². The van der Waals surface area contributed by atoms with Gasteiger partial charge in [0.1, 0.15) is 0 Å². The molecule has 2 aliphatic heterocycles. The predicted molar refractivity (Wildman–Crippen MR) is 92.1 cm³/mol. The van der Waals surface area contributed by atoms with Crippen LogP contribution in [0.15, 0.2) is 21.6 Å². The lowest BCUT2D eigenvalue weighted by Gasteiger charge is -2.25. The molecule has 0 fully saturated rings. The Balaban J connectivity index is 1.38. The Hall–Kier alpha value is -1.34. The SMILES string of the molecule is Cc1ncsc1CCC(=O)NCCC1=CSC2=NCCCN12. The highest BCUT2D eigenvalue weighted by molar-refractivity contribution is 8.16. The molecule has 0 aliphatic carbocycles. The molecule has 0 saturated heterocycles. The second-order valence-corrected chi connectivity index (χ2v) is 7.13. The first kappa shape index (κ1) is 15.6. The van der Waals surface area contributed by atoms with E-state index in [1.54, 1.807) is 23.1 Å². The fourth-order valence-electron chi connectivity index (χ4n) is 2.54. The van der Waals surface area contributed by atoms with Gasteiger partial charge in [-0.1, -0.05) is 11.8 Å². The Morgan fingerprint density at radius 2 is 2.36 bits per heavy atom. The van der Waals surface area contributed by atoms with E-state index in [2.05, 4.69) is 25.6 Å². The zero-order chi connectivity index (χ0) is 15.4. The maximum absolute atomic E-state index is 11.9. The summed E-state index contributed by atoms with van der Waals surface area (Å²) < 4.78 is 0. The van der Waals surface area contributed by atoms with Gasteiger partial charge in [-0.15, -0.1) is 11.3 Å². The molecule has 0 aromatic carbocycles. The molecule has 3 heterocycles. The van der Waals surface area contributed by atoms with E-state index in [-0.39, 0.29) is 5.91 Å². The standard InChI is InChI=1S/C15H20N4OS2/c1-11-13(22-10-18-11)3-4-14(20)16-7-5-12-9-21-15-17-6-2-8-19(12)15/h9-10H,2-8H2,1H3,(H,16,20). The summed E-state index contributed by atoms with van der Waals surface area (Å²) in [7, 11) is 0. The molecule has 0 spiro atoms. The van der Waals surface area contributed by atoms with Crippen LogP contribution in [-0.2, 0) is 11.2 Å².